The van der Waals surface area contributed by atoms with Crippen molar-refractivity contribution in [1.29, 1.82) is 0 Å². The summed E-state index contributed by atoms with van der Waals surface area (Å²) in [5.41, 5.74) is 5.14. The summed E-state index contributed by atoms with van der Waals surface area (Å²) in [5.74, 6) is -0.810. The molecule has 0 atom stereocenters. The van der Waals surface area contributed by atoms with E-state index in [9.17, 15) is 18.0 Å². The third-order valence-electron chi connectivity index (χ3n) is 4.58. The average Bonchev–Trinajstić information content (AvgIpc) is 2.85. The van der Waals surface area contributed by atoms with Crippen molar-refractivity contribution in [2.24, 2.45) is 0 Å². The first kappa shape index (κ1) is 26.5. The van der Waals surface area contributed by atoms with E-state index >= 15 is 0 Å². The van der Waals surface area contributed by atoms with Gasteiger partial charge < -0.3 is 9.47 Å². The number of benzene rings is 3. The second-order valence-electron chi connectivity index (χ2n) is 7.07. The van der Waals surface area contributed by atoms with Crippen LogP contribution in [0.4, 0.5) is 0 Å². The van der Waals surface area contributed by atoms with Crippen LogP contribution in [0.2, 0.25) is 5.02 Å². The van der Waals surface area contributed by atoms with Crippen molar-refractivity contribution in [3.63, 3.8) is 0 Å². The maximum atomic E-state index is 12.9. The van der Waals surface area contributed by atoms with E-state index in [1.54, 1.807) is 42.5 Å². The number of ether oxygens (including phenoxy) is 2. The highest BCUT2D eigenvalue weighted by atomic mass is 79.9. The molecule has 0 bridgehead atoms. The van der Waals surface area contributed by atoms with Gasteiger partial charge in [-0.05, 0) is 54.1 Å². The van der Waals surface area contributed by atoms with Gasteiger partial charge in [0.05, 0.1) is 7.11 Å². The molecule has 2 amide bonds. The normalized spacial score (nSPS) is 10.9. The molecule has 0 heterocycles. The molecule has 35 heavy (non-hydrogen) atoms. The Balaban J connectivity index is 1.63. The SMILES string of the molecule is COc1ccc(C(=O)NNC(=O)COc2cccc(Br)c2)cc1S(=O)(=O)NCc1ccc(Cl)cc1. The highest BCUT2D eigenvalue weighted by Gasteiger charge is 2.22. The van der Waals surface area contributed by atoms with E-state index < -0.39 is 21.8 Å². The van der Waals surface area contributed by atoms with Crippen molar-refractivity contribution in [2.75, 3.05) is 13.7 Å². The second kappa shape index (κ2) is 12.0. The van der Waals surface area contributed by atoms with Gasteiger partial charge >= 0.3 is 0 Å². The maximum Gasteiger partial charge on any atom is 0.276 e. The average molecular weight is 583 g/mol. The van der Waals surface area contributed by atoms with E-state index in [0.717, 1.165) is 10.5 Å². The molecular formula is C23H21BrClN3O6S. The van der Waals surface area contributed by atoms with E-state index in [2.05, 4.69) is 31.5 Å². The fourth-order valence-electron chi connectivity index (χ4n) is 2.83. The summed E-state index contributed by atoms with van der Waals surface area (Å²) in [6, 6.07) is 17.5. The number of hydrogen-bond donors (Lipinski definition) is 3. The number of sulfonamides is 1. The fourth-order valence-corrected chi connectivity index (χ4v) is 4.54. The van der Waals surface area contributed by atoms with Crippen LogP contribution in [0.1, 0.15) is 15.9 Å². The first-order valence-corrected chi connectivity index (χ1v) is 12.7. The number of methoxy groups -OCH3 is 1. The minimum Gasteiger partial charge on any atom is -0.495 e. The fraction of sp³-hybridized carbons (Fsp3) is 0.130. The lowest BCUT2D eigenvalue weighted by Crippen LogP contribution is -2.43. The highest BCUT2D eigenvalue weighted by Crippen LogP contribution is 2.25. The van der Waals surface area contributed by atoms with Gasteiger partial charge in [0.1, 0.15) is 16.4 Å². The molecule has 3 N–H and O–H groups in total. The van der Waals surface area contributed by atoms with Crippen molar-refractivity contribution in [2.45, 2.75) is 11.4 Å². The van der Waals surface area contributed by atoms with Gasteiger partial charge in [-0.15, -0.1) is 0 Å². The van der Waals surface area contributed by atoms with Crippen LogP contribution in [0.3, 0.4) is 0 Å². The van der Waals surface area contributed by atoms with Gasteiger partial charge in [-0.2, -0.15) is 0 Å². The van der Waals surface area contributed by atoms with E-state index in [0.29, 0.717) is 16.3 Å². The highest BCUT2D eigenvalue weighted by molar-refractivity contribution is 9.10. The molecule has 0 radical (unpaired) electrons. The summed E-state index contributed by atoms with van der Waals surface area (Å²) in [6.07, 6.45) is 0. The number of rotatable bonds is 9. The van der Waals surface area contributed by atoms with Crippen molar-refractivity contribution < 1.29 is 27.5 Å². The summed E-state index contributed by atoms with van der Waals surface area (Å²) >= 11 is 9.15. The molecule has 0 unspecified atom stereocenters. The standard InChI is InChI=1S/C23H21BrClN3O6S/c1-33-20-10-7-16(11-21(20)35(31,32)26-13-15-5-8-18(25)9-6-15)23(30)28-27-22(29)14-34-19-4-2-3-17(24)12-19/h2-12,26H,13-14H2,1H3,(H,27,29)(H,28,30). The molecule has 0 aromatic heterocycles. The molecule has 0 saturated carbocycles. The molecule has 3 aromatic rings. The van der Waals surface area contributed by atoms with Crippen LogP contribution in [0.5, 0.6) is 11.5 Å². The molecule has 9 nitrogen and oxygen atoms in total. The molecule has 3 rings (SSSR count). The van der Waals surface area contributed by atoms with Crippen LogP contribution in [0.15, 0.2) is 76.1 Å². The third-order valence-corrected chi connectivity index (χ3v) is 6.74. The summed E-state index contributed by atoms with van der Waals surface area (Å²) < 4.78 is 39.6. The zero-order valence-electron chi connectivity index (χ0n) is 18.4. The molecule has 12 heteroatoms. The van der Waals surface area contributed by atoms with Crippen molar-refractivity contribution in [3.05, 3.63) is 87.4 Å². The maximum absolute atomic E-state index is 12.9. The Morgan fingerprint density at radius 1 is 1.00 bits per heavy atom. The summed E-state index contributed by atoms with van der Waals surface area (Å²) in [5, 5.41) is 0.531. The number of carbonyl (C=O) groups is 2. The molecule has 184 valence electrons. The number of halogens is 2. The monoisotopic (exact) mass is 581 g/mol. The Morgan fingerprint density at radius 2 is 1.74 bits per heavy atom. The molecule has 0 aliphatic carbocycles. The van der Waals surface area contributed by atoms with Gasteiger partial charge in [0, 0.05) is 21.6 Å². The van der Waals surface area contributed by atoms with Gasteiger partial charge in [-0.25, -0.2) is 13.1 Å². The molecule has 0 aliphatic rings. The van der Waals surface area contributed by atoms with E-state index in [1.165, 1.54) is 19.2 Å². The Bertz CT molecular complexity index is 1320. The summed E-state index contributed by atoms with van der Waals surface area (Å²) in [6.45, 7) is -0.333. The molecule has 0 saturated heterocycles. The Hall–Kier alpha value is -3.12. The molecule has 3 aromatic carbocycles. The van der Waals surface area contributed by atoms with Gasteiger partial charge in [0.2, 0.25) is 10.0 Å². The molecule has 0 spiro atoms. The summed E-state index contributed by atoms with van der Waals surface area (Å²) in [4.78, 5) is 24.3. The van der Waals surface area contributed by atoms with Crippen LogP contribution < -0.4 is 25.0 Å². The molecule has 0 aliphatic heterocycles. The number of amides is 2. The largest absolute Gasteiger partial charge is 0.495 e. The summed E-state index contributed by atoms with van der Waals surface area (Å²) in [7, 11) is -2.72. The topological polar surface area (TPSA) is 123 Å². The van der Waals surface area contributed by atoms with Crippen LogP contribution >= 0.6 is 27.5 Å². The number of hydrazine groups is 1. The van der Waals surface area contributed by atoms with Crippen LogP contribution in [-0.4, -0.2) is 33.9 Å². The van der Waals surface area contributed by atoms with Gasteiger partial charge in [-0.3, -0.25) is 20.4 Å². The van der Waals surface area contributed by atoms with E-state index in [1.807, 2.05) is 6.07 Å². The lowest BCUT2D eigenvalue weighted by atomic mass is 10.2. The number of hydrogen-bond acceptors (Lipinski definition) is 6. The van der Waals surface area contributed by atoms with Crippen LogP contribution in [0, 0.1) is 0 Å². The first-order valence-electron chi connectivity index (χ1n) is 10.1. The first-order chi connectivity index (χ1) is 16.7. The predicted octanol–water partition coefficient (Wildman–Crippen LogP) is 3.43. The quantitative estimate of drug-likeness (QED) is 0.332. The minimum absolute atomic E-state index is 0.00707. The van der Waals surface area contributed by atoms with Crippen LogP contribution in [-0.2, 0) is 21.4 Å². The second-order valence-corrected chi connectivity index (χ2v) is 10.2. The van der Waals surface area contributed by atoms with Crippen LogP contribution in [0.25, 0.3) is 0 Å². The molecule has 0 fully saturated rings. The smallest absolute Gasteiger partial charge is 0.276 e. The third kappa shape index (κ3) is 7.69. The zero-order chi connectivity index (χ0) is 25.4. The van der Waals surface area contributed by atoms with Gasteiger partial charge in [0.15, 0.2) is 6.61 Å². The lowest BCUT2D eigenvalue weighted by molar-refractivity contribution is -0.123. The van der Waals surface area contributed by atoms with Gasteiger partial charge in [0.25, 0.3) is 11.8 Å². The Kier molecular flexibility index (Phi) is 9.10. The number of nitrogens with one attached hydrogen (secondary N) is 3. The Morgan fingerprint density at radius 3 is 2.43 bits per heavy atom. The van der Waals surface area contributed by atoms with E-state index in [4.69, 9.17) is 21.1 Å². The van der Waals surface area contributed by atoms with Crippen molar-refractivity contribution in [3.8, 4) is 11.5 Å². The number of carbonyl (C=O) groups excluding carboxylic acids is 2. The van der Waals surface area contributed by atoms with Crippen molar-refractivity contribution in [1.82, 2.24) is 15.6 Å². The van der Waals surface area contributed by atoms with Crippen molar-refractivity contribution >= 4 is 49.4 Å². The lowest BCUT2D eigenvalue weighted by Gasteiger charge is -2.13. The van der Waals surface area contributed by atoms with E-state index in [-0.39, 0.29) is 29.4 Å². The zero-order valence-corrected chi connectivity index (χ0v) is 21.5. The predicted molar refractivity (Wildman–Crippen MR) is 134 cm³/mol. The van der Waals surface area contributed by atoms with Gasteiger partial charge in [-0.1, -0.05) is 45.7 Å². The molecular weight excluding hydrogens is 562 g/mol. The minimum atomic E-state index is -4.04. The Labute approximate surface area is 215 Å².